The number of fused-ring (bicyclic) bond motifs is 1. The van der Waals surface area contributed by atoms with E-state index in [1.54, 1.807) is 30.3 Å². The van der Waals surface area contributed by atoms with Gasteiger partial charge in [0.25, 0.3) is 0 Å². The minimum absolute atomic E-state index is 0.0387. The Morgan fingerprint density at radius 1 is 1.09 bits per heavy atom. The minimum atomic E-state index is -5.24. The summed E-state index contributed by atoms with van der Waals surface area (Å²) in [5.41, 5.74) is -2.48. The number of pyridine rings is 1. The molecule has 0 aliphatic carbocycles. The lowest BCUT2D eigenvalue weighted by Crippen LogP contribution is -2.69. The van der Waals surface area contributed by atoms with Crippen LogP contribution in [-0.4, -0.2) is 60.1 Å². The zero-order valence-corrected chi connectivity index (χ0v) is 25.0. The van der Waals surface area contributed by atoms with Gasteiger partial charge in [-0.25, -0.2) is 22.4 Å². The molecule has 0 saturated carbocycles. The second-order valence-corrected chi connectivity index (χ2v) is 12.4. The van der Waals surface area contributed by atoms with Crippen LogP contribution < -0.4 is 0 Å². The lowest BCUT2D eigenvalue weighted by molar-refractivity contribution is -0.320. The lowest BCUT2D eigenvalue weighted by Gasteiger charge is -2.55. The minimum Gasteiger partial charge on any atom is -0.357 e. The van der Waals surface area contributed by atoms with Gasteiger partial charge in [0, 0.05) is 33.6 Å². The maximum atomic E-state index is 14.1. The predicted octanol–water partition coefficient (Wildman–Crippen LogP) is 4.51. The third-order valence-electron chi connectivity index (χ3n) is 7.10. The molecule has 11 nitrogen and oxygen atoms in total. The van der Waals surface area contributed by atoms with Gasteiger partial charge < -0.3 is 24.0 Å². The first-order valence-electron chi connectivity index (χ1n) is 12.6. The SMILES string of the molecule is O=P(O)(O)O[C@H]1[C@@H](S)O[C@@H]2COC(c3ccccc3)O[C@@H]2C1(c1cncc(Br)c1)n1cc(-c2cc(F)c(F)c(F)c2)nn1. The van der Waals surface area contributed by atoms with E-state index in [2.05, 4.69) is 43.9 Å². The number of ether oxygens (including phenoxy) is 3. The summed E-state index contributed by atoms with van der Waals surface area (Å²) in [5, 5.41) is 8.28. The van der Waals surface area contributed by atoms with Crippen molar-refractivity contribution >= 4 is 36.4 Å². The van der Waals surface area contributed by atoms with Gasteiger partial charge in [0.15, 0.2) is 23.7 Å². The molecular weight excluding hydrogens is 680 g/mol. The van der Waals surface area contributed by atoms with Crippen LogP contribution in [0.4, 0.5) is 13.2 Å². The molecule has 226 valence electrons. The van der Waals surface area contributed by atoms with Crippen molar-refractivity contribution in [2.45, 2.75) is 35.6 Å². The number of thiol groups is 1. The smallest absolute Gasteiger partial charge is 0.357 e. The van der Waals surface area contributed by atoms with Crippen LogP contribution in [0.25, 0.3) is 11.3 Å². The van der Waals surface area contributed by atoms with E-state index in [-0.39, 0.29) is 23.4 Å². The highest BCUT2D eigenvalue weighted by Crippen LogP contribution is 2.53. The first-order valence-corrected chi connectivity index (χ1v) is 15.4. The molecule has 2 fully saturated rings. The van der Waals surface area contributed by atoms with E-state index in [9.17, 15) is 27.5 Å². The van der Waals surface area contributed by atoms with Crippen LogP contribution in [-0.2, 0) is 28.8 Å². The molecule has 6 atom stereocenters. The third kappa shape index (κ3) is 5.67. The molecule has 4 aromatic rings. The van der Waals surface area contributed by atoms with E-state index in [0.29, 0.717) is 10.0 Å². The molecule has 2 unspecified atom stereocenters. The average Bonchev–Trinajstić information content (AvgIpc) is 3.46. The second kappa shape index (κ2) is 11.7. The van der Waals surface area contributed by atoms with Crippen LogP contribution in [0.2, 0.25) is 0 Å². The molecule has 0 bridgehead atoms. The topological polar surface area (TPSA) is 138 Å². The van der Waals surface area contributed by atoms with Crippen LogP contribution in [0.15, 0.2) is 71.6 Å². The van der Waals surface area contributed by atoms with Gasteiger partial charge >= 0.3 is 7.82 Å². The van der Waals surface area contributed by atoms with Gasteiger partial charge in [0.1, 0.15) is 35.0 Å². The van der Waals surface area contributed by atoms with E-state index in [1.807, 2.05) is 6.07 Å². The Morgan fingerprint density at radius 3 is 2.49 bits per heavy atom. The fourth-order valence-electron chi connectivity index (χ4n) is 5.36. The van der Waals surface area contributed by atoms with Crippen LogP contribution >= 0.6 is 36.4 Å². The highest BCUT2D eigenvalue weighted by atomic mass is 79.9. The van der Waals surface area contributed by atoms with Crippen LogP contribution in [0.5, 0.6) is 0 Å². The number of phosphoric acid groups is 1. The molecule has 2 N–H and O–H groups in total. The molecule has 2 aliphatic heterocycles. The van der Waals surface area contributed by atoms with E-state index in [0.717, 1.165) is 12.1 Å². The lowest BCUT2D eigenvalue weighted by atomic mass is 9.75. The molecule has 0 radical (unpaired) electrons. The molecule has 0 spiro atoms. The molecule has 6 rings (SSSR count). The first kappa shape index (κ1) is 30.4. The molecule has 2 saturated heterocycles. The fraction of sp³-hybridized carbons (Fsp3) is 0.269. The zero-order valence-electron chi connectivity index (χ0n) is 21.6. The fourth-order valence-corrected chi connectivity index (χ4v) is 6.83. The van der Waals surface area contributed by atoms with E-state index in [1.165, 1.54) is 23.3 Å². The van der Waals surface area contributed by atoms with Crippen molar-refractivity contribution in [3.05, 3.63) is 100 Å². The van der Waals surface area contributed by atoms with Crippen LogP contribution in [0.3, 0.4) is 0 Å². The number of hydrogen-bond acceptors (Lipinski definition) is 9. The summed E-state index contributed by atoms with van der Waals surface area (Å²) in [6, 6.07) is 12.0. The van der Waals surface area contributed by atoms with Crippen molar-refractivity contribution in [1.29, 1.82) is 0 Å². The van der Waals surface area contributed by atoms with E-state index in [4.69, 9.17) is 18.7 Å². The Kier molecular flexibility index (Phi) is 8.25. The largest absolute Gasteiger partial charge is 0.470 e. The highest BCUT2D eigenvalue weighted by molar-refractivity contribution is 9.10. The van der Waals surface area contributed by atoms with Crippen LogP contribution in [0, 0.1) is 17.5 Å². The Bertz CT molecular complexity index is 1680. The molecule has 17 heteroatoms. The maximum absolute atomic E-state index is 14.1. The quantitative estimate of drug-likeness (QED) is 0.150. The maximum Gasteiger partial charge on any atom is 0.470 e. The molecule has 0 amide bonds. The van der Waals surface area contributed by atoms with Gasteiger partial charge in [0.2, 0.25) is 0 Å². The van der Waals surface area contributed by atoms with Crippen molar-refractivity contribution in [2.75, 3.05) is 6.61 Å². The highest BCUT2D eigenvalue weighted by Gasteiger charge is 2.64. The molecule has 4 heterocycles. The Morgan fingerprint density at radius 2 is 1.81 bits per heavy atom. The number of benzene rings is 2. The van der Waals surface area contributed by atoms with Crippen molar-refractivity contribution in [3.63, 3.8) is 0 Å². The Labute approximate surface area is 255 Å². The summed E-state index contributed by atoms with van der Waals surface area (Å²) in [4.78, 5) is 24.3. The number of aromatic nitrogens is 4. The zero-order chi connectivity index (χ0) is 30.5. The van der Waals surface area contributed by atoms with Gasteiger partial charge in [0.05, 0.1) is 12.8 Å². The number of phosphoric ester groups is 1. The summed E-state index contributed by atoms with van der Waals surface area (Å²) >= 11 is 7.88. The Balaban J connectivity index is 1.59. The number of hydrogen-bond donors (Lipinski definition) is 3. The molecule has 2 aliphatic rings. The number of rotatable bonds is 6. The third-order valence-corrected chi connectivity index (χ3v) is 8.43. The molecule has 2 aromatic heterocycles. The normalized spacial score (nSPS) is 27.6. The number of halogens is 4. The molecular formula is C26H21BrF3N4O7PS. The van der Waals surface area contributed by atoms with Gasteiger partial charge in [-0.05, 0) is 34.1 Å². The van der Waals surface area contributed by atoms with Gasteiger partial charge in [-0.1, -0.05) is 35.5 Å². The number of nitrogens with zero attached hydrogens (tertiary/aromatic N) is 4. The standard InChI is InChI=1S/C26H21BrF3N4O7PS/c27-16-8-15(9-31-10-16)26(34-11-19(32-33-34)14-6-17(28)21(30)18(29)7-14)22-20(39-25(43)23(26)41-42(35,36)37)12-38-24(40-22)13-4-2-1-3-5-13/h1-11,20,22-25,43H,12H2,(H2,35,36,37)/t20-,22+,23+,24?,25-,26?/m1/s1. The van der Waals surface area contributed by atoms with Gasteiger partial charge in [-0.2, -0.15) is 0 Å². The first-order chi connectivity index (χ1) is 20.5. The van der Waals surface area contributed by atoms with Crippen molar-refractivity contribution < 1.29 is 46.3 Å². The monoisotopic (exact) mass is 700 g/mol. The molecule has 2 aromatic carbocycles. The van der Waals surface area contributed by atoms with Crippen molar-refractivity contribution in [3.8, 4) is 11.3 Å². The summed E-state index contributed by atoms with van der Waals surface area (Å²) in [5.74, 6) is -4.55. The average molecular weight is 701 g/mol. The predicted molar refractivity (Wildman–Crippen MR) is 149 cm³/mol. The van der Waals surface area contributed by atoms with Crippen molar-refractivity contribution in [2.24, 2.45) is 0 Å². The summed E-state index contributed by atoms with van der Waals surface area (Å²) in [7, 11) is -5.24. The van der Waals surface area contributed by atoms with Gasteiger partial charge in [-0.3, -0.25) is 9.51 Å². The van der Waals surface area contributed by atoms with Gasteiger partial charge in [-0.15, -0.1) is 17.7 Å². The summed E-state index contributed by atoms with van der Waals surface area (Å²) in [6.07, 6.45) is -0.466. The van der Waals surface area contributed by atoms with E-state index < -0.39 is 60.9 Å². The summed E-state index contributed by atoms with van der Waals surface area (Å²) in [6.45, 7) is -0.0387. The van der Waals surface area contributed by atoms with E-state index >= 15 is 0 Å². The Hall–Kier alpha value is -2.66. The van der Waals surface area contributed by atoms with Crippen molar-refractivity contribution in [1.82, 2.24) is 20.0 Å². The second-order valence-electron chi connectivity index (χ2n) is 9.73. The summed E-state index contributed by atoms with van der Waals surface area (Å²) < 4.78 is 79.9. The molecule has 43 heavy (non-hydrogen) atoms. The van der Waals surface area contributed by atoms with Crippen LogP contribution in [0.1, 0.15) is 17.4 Å².